The molecule has 3 aromatic rings. The van der Waals surface area contributed by atoms with E-state index < -0.39 is 17.8 Å². The van der Waals surface area contributed by atoms with Crippen molar-refractivity contribution in [3.63, 3.8) is 0 Å². The van der Waals surface area contributed by atoms with Crippen LogP contribution in [-0.4, -0.2) is 40.2 Å². The molecule has 2 aromatic carbocycles. The Bertz CT molecular complexity index is 1040. The van der Waals surface area contributed by atoms with Crippen LogP contribution in [0.15, 0.2) is 47.8 Å². The third-order valence-electron chi connectivity index (χ3n) is 3.98. The largest absolute Gasteiger partial charge is 0.497 e. The van der Waals surface area contributed by atoms with Gasteiger partial charge in [-0.05, 0) is 35.9 Å². The van der Waals surface area contributed by atoms with Crippen molar-refractivity contribution in [3.05, 3.63) is 75.2 Å². The zero-order valence-corrected chi connectivity index (χ0v) is 16.0. The number of anilines is 1. The summed E-state index contributed by atoms with van der Waals surface area (Å²) in [6.45, 7) is 0. The van der Waals surface area contributed by atoms with Gasteiger partial charge in [-0.1, -0.05) is 12.1 Å². The second kappa shape index (κ2) is 8.53. The summed E-state index contributed by atoms with van der Waals surface area (Å²) in [5.74, 6) is -2.39. The molecular weight excluding hydrogens is 396 g/mol. The van der Waals surface area contributed by atoms with Gasteiger partial charge in [-0.25, -0.2) is 14.6 Å². The highest BCUT2D eigenvalue weighted by Gasteiger charge is 2.15. The number of rotatable bonds is 7. The van der Waals surface area contributed by atoms with Gasteiger partial charge in [0, 0.05) is 17.5 Å². The van der Waals surface area contributed by atoms with Gasteiger partial charge >= 0.3 is 11.9 Å². The lowest BCUT2D eigenvalue weighted by atomic mass is 10.1. The highest BCUT2D eigenvalue weighted by Crippen LogP contribution is 2.20. The maximum atomic E-state index is 12.4. The molecule has 0 aliphatic rings. The number of aromatic carboxylic acids is 2. The van der Waals surface area contributed by atoms with Crippen LogP contribution in [0.2, 0.25) is 0 Å². The number of hydrogen-bond donors (Lipinski definition) is 3. The van der Waals surface area contributed by atoms with Crippen LogP contribution in [-0.2, 0) is 6.42 Å². The highest BCUT2D eigenvalue weighted by atomic mass is 32.1. The van der Waals surface area contributed by atoms with E-state index >= 15 is 0 Å². The normalized spacial score (nSPS) is 10.4. The van der Waals surface area contributed by atoms with Gasteiger partial charge in [0.2, 0.25) is 0 Å². The number of carboxylic acid groups (broad SMARTS) is 2. The highest BCUT2D eigenvalue weighted by molar-refractivity contribution is 7.09. The van der Waals surface area contributed by atoms with Crippen LogP contribution >= 0.6 is 11.3 Å². The van der Waals surface area contributed by atoms with Crippen molar-refractivity contribution in [2.75, 3.05) is 12.4 Å². The van der Waals surface area contributed by atoms with Crippen LogP contribution in [0, 0.1) is 0 Å². The van der Waals surface area contributed by atoms with E-state index in [0.29, 0.717) is 6.42 Å². The molecule has 3 rings (SSSR count). The summed E-state index contributed by atoms with van der Waals surface area (Å²) in [6, 6.07) is 10.9. The van der Waals surface area contributed by atoms with Crippen molar-refractivity contribution in [1.82, 2.24) is 4.98 Å². The minimum atomic E-state index is -1.29. The first-order valence-electron chi connectivity index (χ1n) is 8.36. The van der Waals surface area contributed by atoms with E-state index in [2.05, 4.69) is 10.3 Å². The molecule has 0 aliphatic heterocycles. The van der Waals surface area contributed by atoms with Crippen LogP contribution in [0.4, 0.5) is 5.69 Å². The lowest BCUT2D eigenvalue weighted by Crippen LogP contribution is -2.14. The fourth-order valence-electron chi connectivity index (χ4n) is 2.56. The summed E-state index contributed by atoms with van der Waals surface area (Å²) in [5.41, 5.74) is 0.762. The zero-order chi connectivity index (χ0) is 21.0. The predicted molar refractivity (Wildman–Crippen MR) is 106 cm³/mol. The summed E-state index contributed by atoms with van der Waals surface area (Å²) in [4.78, 5) is 39.1. The third kappa shape index (κ3) is 4.96. The average molecular weight is 412 g/mol. The number of carbonyl (C=O) groups is 3. The molecule has 0 saturated carbocycles. The van der Waals surface area contributed by atoms with Crippen LogP contribution in [0.25, 0.3) is 0 Å². The molecule has 0 unspecified atom stereocenters. The summed E-state index contributed by atoms with van der Waals surface area (Å²) < 4.78 is 5.12. The topological polar surface area (TPSA) is 126 Å². The van der Waals surface area contributed by atoms with Gasteiger partial charge in [0.1, 0.15) is 11.4 Å². The molecule has 9 heteroatoms. The molecular formula is C20H16N2O6S. The van der Waals surface area contributed by atoms with Crippen LogP contribution in [0.3, 0.4) is 0 Å². The van der Waals surface area contributed by atoms with E-state index in [1.807, 2.05) is 24.3 Å². The number of benzene rings is 2. The molecule has 0 atom stereocenters. The van der Waals surface area contributed by atoms with Gasteiger partial charge in [0.25, 0.3) is 5.91 Å². The Morgan fingerprint density at radius 1 is 1.03 bits per heavy atom. The quantitative estimate of drug-likeness (QED) is 0.543. The Kier molecular flexibility index (Phi) is 5.89. The van der Waals surface area contributed by atoms with Gasteiger partial charge in [0.05, 0.1) is 23.2 Å². The molecule has 0 aliphatic carbocycles. The molecule has 0 fully saturated rings. The molecule has 1 amide bonds. The monoisotopic (exact) mass is 412 g/mol. The number of amides is 1. The Morgan fingerprint density at radius 3 is 2.21 bits per heavy atom. The second-order valence-corrected chi connectivity index (χ2v) is 6.96. The first-order valence-corrected chi connectivity index (χ1v) is 9.24. The molecule has 0 radical (unpaired) electrons. The molecule has 1 aromatic heterocycles. The smallest absolute Gasteiger partial charge is 0.335 e. The van der Waals surface area contributed by atoms with E-state index in [9.17, 15) is 14.4 Å². The maximum absolute atomic E-state index is 12.4. The van der Waals surface area contributed by atoms with Gasteiger partial charge in [-0.15, -0.1) is 11.3 Å². The number of thiazole rings is 1. The van der Waals surface area contributed by atoms with Gasteiger partial charge in [0.15, 0.2) is 0 Å². The number of nitrogens with zero attached hydrogens (tertiary/aromatic N) is 1. The average Bonchev–Trinajstić information content (AvgIpc) is 3.17. The van der Waals surface area contributed by atoms with Crippen molar-refractivity contribution >= 4 is 34.9 Å². The Balaban J connectivity index is 1.74. The molecule has 29 heavy (non-hydrogen) atoms. The maximum Gasteiger partial charge on any atom is 0.335 e. The summed E-state index contributed by atoms with van der Waals surface area (Å²) in [6.07, 6.45) is 0.541. The van der Waals surface area contributed by atoms with Crippen molar-refractivity contribution in [2.24, 2.45) is 0 Å². The lowest BCUT2D eigenvalue weighted by molar-refractivity contribution is 0.0696. The number of methoxy groups -OCH3 is 1. The summed E-state index contributed by atoms with van der Waals surface area (Å²) in [7, 11) is 1.59. The van der Waals surface area contributed by atoms with E-state index in [1.165, 1.54) is 23.5 Å². The molecule has 8 nitrogen and oxygen atoms in total. The fourth-order valence-corrected chi connectivity index (χ4v) is 3.36. The Morgan fingerprint density at radius 2 is 1.66 bits per heavy atom. The van der Waals surface area contributed by atoms with Crippen LogP contribution in [0.1, 0.15) is 41.8 Å². The van der Waals surface area contributed by atoms with E-state index in [4.69, 9.17) is 14.9 Å². The Hall–Kier alpha value is -3.72. The van der Waals surface area contributed by atoms with Crippen molar-refractivity contribution < 1.29 is 29.3 Å². The van der Waals surface area contributed by atoms with E-state index in [-0.39, 0.29) is 22.5 Å². The number of ether oxygens (including phenoxy) is 1. The first-order chi connectivity index (χ1) is 13.9. The number of carboxylic acids is 2. The van der Waals surface area contributed by atoms with Crippen molar-refractivity contribution in [1.29, 1.82) is 0 Å². The molecule has 148 valence electrons. The SMILES string of the molecule is COc1ccc(Cc2nc(C(=O)Nc3cc(C(=O)O)cc(C(=O)O)c3)cs2)cc1. The predicted octanol–water partition coefficient (Wildman–Crippen LogP) is 3.39. The van der Waals surface area contributed by atoms with Crippen LogP contribution in [0.5, 0.6) is 5.75 Å². The number of aromatic nitrogens is 1. The molecule has 0 spiro atoms. The molecule has 1 heterocycles. The fraction of sp³-hybridized carbons (Fsp3) is 0.100. The van der Waals surface area contributed by atoms with Gasteiger partial charge in [-0.3, -0.25) is 4.79 Å². The zero-order valence-electron chi connectivity index (χ0n) is 15.2. The minimum Gasteiger partial charge on any atom is -0.497 e. The standard InChI is InChI=1S/C20H16N2O6S/c1-28-15-4-2-11(3-5-15)6-17-22-16(10-29-17)18(23)21-14-8-12(19(24)25)7-13(9-14)20(26)27/h2-5,7-10H,6H2,1H3,(H,21,23)(H,24,25)(H,26,27). The second-order valence-electron chi connectivity index (χ2n) is 6.01. The van der Waals surface area contributed by atoms with Gasteiger partial charge < -0.3 is 20.3 Å². The minimum absolute atomic E-state index is 0.0667. The van der Waals surface area contributed by atoms with Crippen molar-refractivity contribution in [2.45, 2.75) is 6.42 Å². The van der Waals surface area contributed by atoms with Crippen LogP contribution < -0.4 is 10.1 Å². The summed E-state index contributed by atoms with van der Waals surface area (Å²) in [5, 5.41) is 23.1. The van der Waals surface area contributed by atoms with Crippen molar-refractivity contribution in [3.8, 4) is 5.75 Å². The molecule has 3 N–H and O–H groups in total. The summed E-state index contributed by atoms with van der Waals surface area (Å²) >= 11 is 1.32. The van der Waals surface area contributed by atoms with Gasteiger partial charge in [-0.2, -0.15) is 0 Å². The first kappa shape index (κ1) is 20.0. The molecule has 0 bridgehead atoms. The number of nitrogens with one attached hydrogen (secondary N) is 1. The number of hydrogen-bond acceptors (Lipinski definition) is 6. The molecule has 0 saturated heterocycles. The van der Waals surface area contributed by atoms with E-state index in [1.54, 1.807) is 12.5 Å². The third-order valence-corrected chi connectivity index (χ3v) is 4.83. The number of carbonyl (C=O) groups excluding carboxylic acids is 1. The lowest BCUT2D eigenvalue weighted by Gasteiger charge is -2.06. The Labute approximate surface area is 169 Å². The van der Waals surface area contributed by atoms with E-state index in [0.717, 1.165) is 22.4 Å².